The highest BCUT2D eigenvalue weighted by atomic mass is 16.2. The number of nitrogens with two attached hydrogens (primary N) is 1. The van der Waals surface area contributed by atoms with E-state index >= 15 is 0 Å². The van der Waals surface area contributed by atoms with Crippen LogP contribution in [0.2, 0.25) is 0 Å². The third-order valence-electron chi connectivity index (χ3n) is 4.08. The number of carbonyl (C=O) groups is 1. The van der Waals surface area contributed by atoms with Gasteiger partial charge in [-0.25, -0.2) is 0 Å². The standard InChI is InChI=1S/C13H22N4O/c1-13(2)6-4-9(5-7-13)17(3)12(18)10-8-15-16-11(10)14/h8-9H,4-7H2,1-3H3,(H3,14,15,16). The molecule has 2 rings (SSSR count). The minimum absolute atomic E-state index is 0.0362. The second-order valence-electron chi connectivity index (χ2n) is 6.01. The fourth-order valence-corrected chi connectivity index (χ4v) is 2.59. The van der Waals surface area contributed by atoms with Gasteiger partial charge in [-0.3, -0.25) is 9.89 Å². The zero-order valence-electron chi connectivity index (χ0n) is 11.4. The van der Waals surface area contributed by atoms with Crippen LogP contribution in [-0.2, 0) is 0 Å². The van der Waals surface area contributed by atoms with E-state index in [1.165, 1.54) is 6.20 Å². The summed E-state index contributed by atoms with van der Waals surface area (Å²) >= 11 is 0. The molecule has 1 fully saturated rings. The molecule has 0 aromatic carbocycles. The molecule has 0 unspecified atom stereocenters. The molecule has 0 bridgehead atoms. The van der Waals surface area contributed by atoms with E-state index in [1.807, 2.05) is 11.9 Å². The lowest BCUT2D eigenvalue weighted by molar-refractivity contribution is 0.0636. The largest absolute Gasteiger partial charge is 0.383 e. The summed E-state index contributed by atoms with van der Waals surface area (Å²) in [6.45, 7) is 4.58. The van der Waals surface area contributed by atoms with Crippen molar-refractivity contribution in [3.8, 4) is 0 Å². The molecule has 1 aromatic heterocycles. The number of amides is 1. The Hall–Kier alpha value is -1.52. The number of nitrogens with one attached hydrogen (secondary N) is 1. The molecule has 1 saturated carbocycles. The van der Waals surface area contributed by atoms with E-state index < -0.39 is 0 Å². The Morgan fingerprint density at radius 2 is 2.11 bits per heavy atom. The lowest BCUT2D eigenvalue weighted by Gasteiger charge is -2.38. The molecule has 1 amide bonds. The Kier molecular flexibility index (Phi) is 3.32. The van der Waals surface area contributed by atoms with Gasteiger partial charge in [0.1, 0.15) is 11.4 Å². The van der Waals surface area contributed by atoms with E-state index in [2.05, 4.69) is 24.0 Å². The van der Waals surface area contributed by atoms with Crippen molar-refractivity contribution in [3.63, 3.8) is 0 Å². The summed E-state index contributed by atoms with van der Waals surface area (Å²) in [5, 5.41) is 6.40. The Morgan fingerprint density at radius 1 is 1.50 bits per heavy atom. The van der Waals surface area contributed by atoms with Crippen LogP contribution in [0, 0.1) is 5.41 Å². The zero-order valence-corrected chi connectivity index (χ0v) is 11.4. The normalized spacial score (nSPS) is 19.7. The van der Waals surface area contributed by atoms with Crippen LogP contribution in [0.25, 0.3) is 0 Å². The smallest absolute Gasteiger partial charge is 0.259 e. The van der Waals surface area contributed by atoms with Crippen molar-refractivity contribution in [1.29, 1.82) is 0 Å². The van der Waals surface area contributed by atoms with Gasteiger partial charge in [-0.05, 0) is 31.1 Å². The number of aromatic amines is 1. The number of nitrogen functional groups attached to an aromatic ring is 1. The van der Waals surface area contributed by atoms with Crippen molar-refractivity contribution < 1.29 is 4.79 Å². The highest BCUT2D eigenvalue weighted by Gasteiger charge is 2.31. The summed E-state index contributed by atoms with van der Waals surface area (Å²) in [6.07, 6.45) is 5.95. The van der Waals surface area contributed by atoms with Gasteiger partial charge in [0.25, 0.3) is 5.91 Å². The lowest BCUT2D eigenvalue weighted by atomic mass is 9.75. The van der Waals surface area contributed by atoms with Gasteiger partial charge in [0.05, 0.1) is 6.20 Å². The Balaban J connectivity index is 2.02. The van der Waals surface area contributed by atoms with Crippen LogP contribution in [0.4, 0.5) is 5.82 Å². The summed E-state index contributed by atoms with van der Waals surface area (Å²) in [4.78, 5) is 14.1. The van der Waals surface area contributed by atoms with Gasteiger partial charge in [-0.1, -0.05) is 13.8 Å². The molecule has 0 aliphatic heterocycles. The molecule has 18 heavy (non-hydrogen) atoms. The Bertz CT molecular complexity index is 428. The topological polar surface area (TPSA) is 75.0 Å². The number of aromatic nitrogens is 2. The first-order valence-electron chi connectivity index (χ1n) is 6.47. The predicted molar refractivity (Wildman–Crippen MR) is 71.1 cm³/mol. The average molecular weight is 250 g/mol. The molecule has 1 aliphatic carbocycles. The Morgan fingerprint density at radius 3 is 2.61 bits per heavy atom. The van der Waals surface area contributed by atoms with Crippen molar-refractivity contribution in [3.05, 3.63) is 11.8 Å². The quantitative estimate of drug-likeness (QED) is 0.843. The van der Waals surface area contributed by atoms with Crippen LogP contribution in [0.3, 0.4) is 0 Å². The summed E-state index contributed by atoms with van der Waals surface area (Å²) in [6, 6.07) is 0.319. The lowest BCUT2D eigenvalue weighted by Crippen LogP contribution is -2.40. The molecule has 0 spiro atoms. The number of carbonyl (C=O) groups excluding carboxylic acids is 1. The van der Waals surface area contributed by atoms with Crippen molar-refractivity contribution in [2.45, 2.75) is 45.6 Å². The maximum Gasteiger partial charge on any atom is 0.259 e. The third kappa shape index (κ3) is 2.49. The number of H-pyrrole nitrogens is 1. The van der Waals surface area contributed by atoms with Crippen molar-refractivity contribution in [2.75, 3.05) is 12.8 Å². The van der Waals surface area contributed by atoms with Gasteiger partial charge in [0.2, 0.25) is 0 Å². The molecule has 1 aromatic rings. The molecule has 5 heteroatoms. The third-order valence-corrected chi connectivity index (χ3v) is 4.08. The van der Waals surface area contributed by atoms with E-state index in [1.54, 1.807) is 0 Å². The van der Waals surface area contributed by atoms with Crippen LogP contribution in [-0.4, -0.2) is 34.1 Å². The SMILES string of the molecule is CN(C(=O)c1cn[nH]c1N)C1CCC(C)(C)CC1. The van der Waals surface area contributed by atoms with Crippen LogP contribution in [0.1, 0.15) is 49.9 Å². The summed E-state index contributed by atoms with van der Waals surface area (Å²) in [5.74, 6) is 0.314. The van der Waals surface area contributed by atoms with Crippen LogP contribution in [0.15, 0.2) is 6.20 Å². The minimum Gasteiger partial charge on any atom is -0.383 e. The van der Waals surface area contributed by atoms with Crippen LogP contribution < -0.4 is 5.73 Å². The maximum absolute atomic E-state index is 12.3. The van der Waals surface area contributed by atoms with Gasteiger partial charge < -0.3 is 10.6 Å². The second-order valence-corrected chi connectivity index (χ2v) is 6.01. The number of rotatable bonds is 2. The van der Waals surface area contributed by atoms with Crippen LogP contribution in [0.5, 0.6) is 0 Å². The molecular formula is C13H22N4O. The average Bonchev–Trinajstić information content (AvgIpc) is 2.73. The summed E-state index contributed by atoms with van der Waals surface area (Å²) in [5.41, 5.74) is 6.57. The fraction of sp³-hybridized carbons (Fsp3) is 0.692. The molecule has 1 heterocycles. The molecular weight excluding hydrogens is 228 g/mol. The van der Waals surface area contributed by atoms with E-state index in [-0.39, 0.29) is 5.91 Å². The highest BCUT2D eigenvalue weighted by molar-refractivity contribution is 5.98. The van der Waals surface area contributed by atoms with Gasteiger partial charge in [-0.15, -0.1) is 0 Å². The van der Waals surface area contributed by atoms with Gasteiger partial charge >= 0.3 is 0 Å². The molecule has 1 aliphatic rings. The van der Waals surface area contributed by atoms with Crippen molar-refractivity contribution in [2.24, 2.45) is 5.41 Å². The highest BCUT2D eigenvalue weighted by Crippen LogP contribution is 2.36. The molecule has 5 nitrogen and oxygen atoms in total. The molecule has 0 atom stereocenters. The van der Waals surface area contributed by atoms with E-state index in [0.717, 1.165) is 25.7 Å². The Labute approximate surface area is 108 Å². The summed E-state index contributed by atoms with van der Waals surface area (Å²) < 4.78 is 0. The van der Waals surface area contributed by atoms with Crippen LogP contribution >= 0.6 is 0 Å². The number of hydrogen-bond donors (Lipinski definition) is 2. The molecule has 100 valence electrons. The number of hydrogen-bond acceptors (Lipinski definition) is 3. The van der Waals surface area contributed by atoms with E-state index in [0.29, 0.717) is 22.8 Å². The number of anilines is 1. The second kappa shape index (κ2) is 4.63. The molecule has 0 radical (unpaired) electrons. The first kappa shape index (κ1) is 12.9. The van der Waals surface area contributed by atoms with Crippen molar-refractivity contribution in [1.82, 2.24) is 15.1 Å². The van der Waals surface area contributed by atoms with E-state index in [4.69, 9.17) is 5.73 Å². The van der Waals surface area contributed by atoms with E-state index in [9.17, 15) is 4.79 Å². The predicted octanol–water partition coefficient (Wildman–Crippen LogP) is 2.03. The molecule has 0 saturated heterocycles. The minimum atomic E-state index is -0.0362. The van der Waals surface area contributed by atoms with Crippen molar-refractivity contribution >= 4 is 11.7 Å². The first-order valence-corrected chi connectivity index (χ1v) is 6.47. The first-order chi connectivity index (χ1) is 8.41. The van der Waals surface area contributed by atoms with Gasteiger partial charge in [0.15, 0.2) is 0 Å². The monoisotopic (exact) mass is 250 g/mol. The fourth-order valence-electron chi connectivity index (χ4n) is 2.59. The van der Waals surface area contributed by atoms with Gasteiger partial charge in [-0.2, -0.15) is 5.10 Å². The summed E-state index contributed by atoms with van der Waals surface area (Å²) in [7, 11) is 1.86. The molecule has 3 N–H and O–H groups in total. The number of nitrogens with zero attached hydrogens (tertiary/aromatic N) is 2. The maximum atomic E-state index is 12.3. The zero-order chi connectivity index (χ0) is 13.3. The van der Waals surface area contributed by atoms with Gasteiger partial charge in [0, 0.05) is 13.1 Å².